The molecule has 0 spiro atoms. The van der Waals surface area contributed by atoms with Crippen molar-refractivity contribution >= 4 is 23.4 Å². The van der Waals surface area contributed by atoms with Gasteiger partial charge in [0.2, 0.25) is 0 Å². The zero-order chi connectivity index (χ0) is 17.0. The summed E-state index contributed by atoms with van der Waals surface area (Å²) in [5.74, 6) is -0.128. The van der Waals surface area contributed by atoms with Crippen LogP contribution < -0.4 is 4.74 Å². The van der Waals surface area contributed by atoms with E-state index >= 15 is 0 Å². The van der Waals surface area contributed by atoms with Crippen molar-refractivity contribution in [3.63, 3.8) is 0 Å². The molecule has 2 rings (SSSR count). The van der Waals surface area contributed by atoms with E-state index in [0.717, 1.165) is 0 Å². The van der Waals surface area contributed by atoms with Gasteiger partial charge in [0.1, 0.15) is 5.75 Å². The number of hydrogen-bond acceptors (Lipinski definition) is 4. The maximum absolute atomic E-state index is 12.6. The molecule has 0 aliphatic heterocycles. The van der Waals surface area contributed by atoms with Gasteiger partial charge < -0.3 is 9.47 Å². The van der Waals surface area contributed by atoms with Crippen molar-refractivity contribution in [2.24, 2.45) is 0 Å². The zero-order valence-corrected chi connectivity index (χ0v) is 13.9. The lowest BCUT2D eigenvalue weighted by molar-refractivity contribution is -0.147. The minimum Gasteiger partial charge on any atom is -0.479 e. The van der Waals surface area contributed by atoms with Crippen molar-refractivity contribution in [1.29, 1.82) is 0 Å². The number of carbonyl (C=O) groups is 2. The third kappa shape index (κ3) is 3.90. The molecule has 0 fully saturated rings. The van der Waals surface area contributed by atoms with Gasteiger partial charge in [-0.05, 0) is 44.2 Å². The molecule has 120 valence electrons. The molecule has 0 radical (unpaired) electrons. The molecule has 2 aromatic rings. The molecule has 0 aliphatic carbocycles. The average Bonchev–Trinajstić information content (AvgIpc) is 2.56. The van der Waals surface area contributed by atoms with Crippen molar-refractivity contribution in [2.45, 2.75) is 20.0 Å². The van der Waals surface area contributed by atoms with E-state index in [9.17, 15) is 9.59 Å². The maximum Gasteiger partial charge on any atom is 0.346 e. The Kier molecular flexibility index (Phi) is 5.40. The smallest absolute Gasteiger partial charge is 0.346 e. The summed E-state index contributed by atoms with van der Waals surface area (Å²) in [6.45, 7) is 3.38. The fourth-order valence-corrected chi connectivity index (χ4v) is 2.28. The number of hydrogen-bond donors (Lipinski definition) is 0. The Morgan fingerprint density at radius 2 is 1.74 bits per heavy atom. The van der Waals surface area contributed by atoms with Crippen LogP contribution >= 0.6 is 11.6 Å². The Labute approximate surface area is 140 Å². The molecule has 5 heteroatoms. The lowest BCUT2D eigenvalue weighted by atomic mass is 9.98. The zero-order valence-electron chi connectivity index (χ0n) is 13.1. The molecule has 1 atom stereocenters. The topological polar surface area (TPSA) is 52.6 Å². The van der Waals surface area contributed by atoms with Crippen molar-refractivity contribution in [3.8, 4) is 5.75 Å². The number of ether oxygens (including phenoxy) is 2. The summed E-state index contributed by atoms with van der Waals surface area (Å²) in [4.78, 5) is 24.1. The molecule has 0 saturated heterocycles. The van der Waals surface area contributed by atoms with Crippen LogP contribution in [-0.4, -0.2) is 25.0 Å². The summed E-state index contributed by atoms with van der Waals surface area (Å²) < 4.78 is 10.2. The van der Waals surface area contributed by atoms with Gasteiger partial charge in [0, 0.05) is 21.7 Å². The average molecular weight is 333 g/mol. The van der Waals surface area contributed by atoms with E-state index in [1.54, 1.807) is 56.3 Å². The van der Waals surface area contributed by atoms with Crippen LogP contribution in [0.25, 0.3) is 0 Å². The fourth-order valence-electron chi connectivity index (χ4n) is 2.15. The molecule has 0 saturated carbocycles. The van der Waals surface area contributed by atoms with E-state index in [-0.39, 0.29) is 5.78 Å². The second-order valence-corrected chi connectivity index (χ2v) is 5.48. The van der Waals surface area contributed by atoms with Crippen LogP contribution in [0.4, 0.5) is 0 Å². The third-order valence-electron chi connectivity index (χ3n) is 3.47. The summed E-state index contributed by atoms with van der Waals surface area (Å²) in [6.07, 6.45) is -0.750. The highest BCUT2D eigenvalue weighted by Crippen LogP contribution is 2.25. The number of benzene rings is 2. The summed E-state index contributed by atoms with van der Waals surface area (Å²) in [5.41, 5.74) is 1.72. The van der Waals surface area contributed by atoms with E-state index in [1.807, 2.05) is 0 Å². The number of halogens is 1. The Morgan fingerprint density at radius 3 is 2.35 bits per heavy atom. The third-order valence-corrected chi connectivity index (χ3v) is 3.72. The van der Waals surface area contributed by atoms with Gasteiger partial charge in [-0.15, -0.1) is 0 Å². The van der Waals surface area contributed by atoms with Crippen LogP contribution in [0, 0.1) is 6.92 Å². The molecule has 0 bridgehead atoms. The monoisotopic (exact) mass is 332 g/mol. The highest BCUT2D eigenvalue weighted by molar-refractivity contribution is 6.30. The van der Waals surface area contributed by atoms with Crippen LogP contribution in [0.15, 0.2) is 42.5 Å². The Bertz CT molecular complexity index is 722. The molecule has 23 heavy (non-hydrogen) atoms. The van der Waals surface area contributed by atoms with Crippen LogP contribution in [0.1, 0.15) is 28.4 Å². The molecule has 1 unspecified atom stereocenters. The normalized spacial score (nSPS) is 11.7. The van der Waals surface area contributed by atoms with Crippen molar-refractivity contribution in [3.05, 3.63) is 64.2 Å². The number of rotatable bonds is 5. The van der Waals surface area contributed by atoms with E-state index in [4.69, 9.17) is 16.3 Å². The SMILES string of the molecule is COC(=O)C(C)Oc1cccc(C(=O)c2ccc(Cl)cc2)c1C. The summed E-state index contributed by atoms with van der Waals surface area (Å²) >= 11 is 5.84. The second kappa shape index (κ2) is 7.29. The van der Waals surface area contributed by atoms with E-state index in [2.05, 4.69) is 4.74 Å². The molecule has 0 N–H and O–H groups in total. The van der Waals surface area contributed by atoms with Gasteiger partial charge in [-0.1, -0.05) is 23.7 Å². The standard InChI is InChI=1S/C18H17ClO4/c1-11-15(17(20)13-7-9-14(19)10-8-13)5-4-6-16(11)23-12(2)18(21)22-3/h4-10,12H,1-3H3. The summed E-state index contributed by atoms with van der Waals surface area (Å²) in [6, 6.07) is 11.8. The summed E-state index contributed by atoms with van der Waals surface area (Å²) in [5, 5.41) is 0.572. The first kappa shape index (κ1) is 17.0. The van der Waals surface area contributed by atoms with Crippen LogP contribution in [0.2, 0.25) is 5.02 Å². The van der Waals surface area contributed by atoms with Gasteiger partial charge in [-0.25, -0.2) is 4.79 Å². The first-order valence-electron chi connectivity index (χ1n) is 7.08. The number of methoxy groups -OCH3 is 1. The minimum absolute atomic E-state index is 0.129. The number of esters is 1. The second-order valence-electron chi connectivity index (χ2n) is 5.05. The lowest BCUT2D eigenvalue weighted by Gasteiger charge is -2.16. The Hall–Kier alpha value is -2.33. The first-order valence-corrected chi connectivity index (χ1v) is 7.46. The Balaban J connectivity index is 2.30. The summed E-state index contributed by atoms with van der Waals surface area (Å²) in [7, 11) is 1.30. The van der Waals surface area contributed by atoms with Gasteiger partial charge in [0.25, 0.3) is 0 Å². The molecule has 0 aliphatic rings. The van der Waals surface area contributed by atoms with E-state index in [0.29, 0.717) is 27.5 Å². The van der Waals surface area contributed by atoms with Gasteiger partial charge >= 0.3 is 5.97 Å². The van der Waals surface area contributed by atoms with E-state index in [1.165, 1.54) is 7.11 Å². The quantitative estimate of drug-likeness (QED) is 0.617. The molecule has 0 amide bonds. The highest BCUT2D eigenvalue weighted by atomic mass is 35.5. The molecule has 2 aromatic carbocycles. The molecule has 0 heterocycles. The van der Waals surface area contributed by atoms with Crippen LogP contribution in [-0.2, 0) is 9.53 Å². The highest BCUT2D eigenvalue weighted by Gasteiger charge is 2.19. The molecular weight excluding hydrogens is 316 g/mol. The fraction of sp³-hybridized carbons (Fsp3) is 0.222. The maximum atomic E-state index is 12.6. The lowest BCUT2D eigenvalue weighted by Crippen LogP contribution is -2.25. The van der Waals surface area contributed by atoms with Crippen LogP contribution in [0.5, 0.6) is 5.75 Å². The van der Waals surface area contributed by atoms with Crippen molar-refractivity contribution in [2.75, 3.05) is 7.11 Å². The van der Waals surface area contributed by atoms with Crippen molar-refractivity contribution < 1.29 is 19.1 Å². The largest absolute Gasteiger partial charge is 0.479 e. The molecule has 4 nitrogen and oxygen atoms in total. The minimum atomic E-state index is -0.750. The predicted molar refractivity (Wildman–Crippen MR) is 88.2 cm³/mol. The number of ketones is 1. The van der Waals surface area contributed by atoms with Crippen molar-refractivity contribution in [1.82, 2.24) is 0 Å². The van der Waals surface area contributed by atoms with E-state index < -0.39 is 12.1 Å². The van der Waals surface area contributed by atoms with Gasteiger partial charge in [0.15, 0.2) is 11.9 Å². The predicted octanol–water partition coefficient (Wildman–Crippen LogP) is 3.82. The first-order chi connectivity index (χ1) is 10.9. The Morgan fingerprint density at radius 1 is 1.09 bits per heavy atom. The molecule has 0 aromatic heterocycles. The van der Waals surface area contributed by atoms with Gasteiger partial charge in [-0.3, -0.25) is 4.79 Å². The van der Waals surface area contributed by atoms with Gasteiger partial charge in [-0.2, -0.15) is 0 Å². The number of carbonyl (C=O) groups excluding carboxylic acids is 2. The van der Waals surface area contributed by atoms with Gasteiger partial charge in [0.05, 0.1) is 7.11 Å². The molecular formula is C18H17ClO4. The van der Waals surface area contributed by atoms with Crippen LogP contribution in [0.3, 0.4) is 0 Å².